The first-order valence-electron chi connectivity index (χ1n) is 11.0. The van der Waals surface area contributed by atoms with Gasteiger partial charge in [0, 0.05) is 32.8 Å². The fraction of sp³-hybridized carbons (Fsp3) is 0.652. The number of carbonyl (C=O) groups excluding carboxylic acids is 4. The van der Waals surface area contributed by atoms with Crippen LogP contribution in [0.2, 0.25) is 0 Å². The maximum atomic E-state index is 12.8. The lowest BCUT2D eigenvalue weighted by molar-refractivity contribution is -0.280. The SMILES string of the molecule is CO[C@H]1O[C@@H]2C(=O)OCCC=CCCC(=O)O[C@H]2[C@@H]2OC(=O)CCC=CCCC(=O)C[C@H]12. The third kappa shape index (κ3) is 6.49. The molecule has 0 aromatic heterocycles. The second kappa shape index (κ2) is 11.9. The average Bonchev–Trinajstić information content (AvgIpc) is 2.75. The summed E-state index contributed by atoms with van der Waals surface area (Å²) < 4.78 is 27.9. The van der Waals surface area contributed by atoms with Gasteiger partial charge in [-0.25, -0.2) is 4.79 Å². The van der Waals surface area contributed by atoms with Crippen molar-refractivity contribution in [3.05, 3.63) is 24.3 Å². The molecule has 0 saturated carbocycles. The predicted molar refractivity (Wildman–Crippen MR) is 110 cm³/mol. The van der Waals surface area contributed by atoms with Crippen molar-refractivity contribution in [2.24, 2.45) is 5.92 Å². The van der Waals surface area contributed by atoms with E-state index in [0.717, 1.165) is 0 Å². The van der Waals surface area contributed by atoms with E-state index in [1.807, 2.05) is 24.3 Å². The molecule has 0 N–H and O–H groups in total. The van der Waals surface area contributed by atoms with E-state index in [1.165, 1.54) is 7.11 Å². The van der Waals surface area contributed by atoms with Crippen molar-refractivity contribution in [1.82, 2.24) is 0 Å². The highest BCUT2D eigenvalue weighted by atomic mass is 16.7. The molecule has 0 amide bonds. The van der Waals surface area contributed by atoms with Gasteiger partial charge in [-0.15, -0.1) is 0 Å². The third-order valence-corrected chi connectivity index (χ3v) is 5.62. The standard InChI is InChI=1S/C23H30O9/c1-28-23-16-14-15(24)10-6-2-3-7-11-17(25)30-19(16)20-21(32-23)22(27)29-13-9-5-4-8-12-18(26)31-20/h2-5,16,19-21,23H,6-14H2,1H3/t16-,19+,20-,21-,23-/m0/s1. The summed E-state index contributed by atoms with van der Waals surface area (Å²) in [7, 11) is 1.38. The molecule has 3 heterocycles. The number of ketones is 1. The van der Waals surface area contributed by atoms with E-state index in [4.69, 9.17) is 23.7 Å². The smallest absolute Gasteiger partial charge is 0.339 e. The second-order valence-electron chi connectivity index (χ2n) is 7.99. The van der Waals surface area contributed by atoms with Crippen LogP contribution in [-0.4, -0.2) is 62.0 Å². The van der Waals surface area contributed by atoms with Gasteiger partial charge >= 0.3 is 17.9 Å². The van der Waals surface area contributed by atoms with Gasteiger partial charge in [0.25, 0.3) is 0 Å². The minimum absolute atomic E-state index is 0.0111. The van der Waals surface area contributed by atoms with Crippen molar-refractivity contribution < 1.29 is 42.9 Å². The highest BCUT2D eigenvalue weighted by molar-refractivity contribution is 5.80. The number of fused-ring (bicyclic) bond motifs is 3. The predicted octanol–water partition coefficient (Wildman–Crippen LogP) is 2.17. The summed E-state index contributed by atoms with van der Waals surface area (Å²) in [6, 6.07) is 0. The highest BCUT2D eigenvalue weighted by Gasteiger charge is 2.54. The number of allylic oxidation sites excluding steroid dienone is 3. The Balaban J connectivity index is 1.95. The molecule has 176 valence electrons. The number of carbonyl (C=O) groups is 4. The van der Waals surface area contributed by atoms with Gasteiger partial charge in [-0.2, -0.15) is 0 Å². The van der Waals surface area contributed by atoms with E-state index in [0.29, 0.717) is 32.1 Å². The van der Waals surface area contributed by atoms with Crippen molar-refractivity contribution in [2.75, 3.05) is 13.7 Å². The zero-order valence-electron chi connectivity index (χ0n) is 18.2. The van der Waals surface area contributed by atoms with Crippen LogP contribution in [0.5, 0.6) is 0 Å². The summed E-state index contributed by atoms with van der Waals surface area (Å²) >= 11 is 0. The van der Waals surface area contributed by atoms with Gasteiger partial charge in [0.2, 0.25) is 0 Å². The number of cyclic esters (lactones) is 1. The zero-order chi connectivity index (χ0) is 22.9. The van der Waals surface area contributed by atoms with Gasteiger partial charge in [-0.05, 0) is 25.7 Å². The molecule has 0 unspecified atom stereocenters. The van der Waals surface area contributed by atoms with Gasteiger partial charge in [0.1, 0.15) is 11.9 Å². The number of hydrogen-bond acceptors (Lipinski definition) is 9. The maximum Gasteiger partial charge on any atom is 0.339 e. The molecule has 1 fully saturated rings. The molecular formula is C23H30O9. The van der Waals surface area contributed by atoms with Crippen molar-refractivity contribution in [3.63, 3.8) is 0 Å². The molecule has 0 aliphatic carbocycles. The van der Waals surface area contributed by atoms with Crippen LogP contribution in [0.25, 0.3) is 0 Å². The van der Waals surface area contributed by atoms with Crippen LogP contribution in [0.1, 0.15) is 51.4 Å². The van der Waals surface area contributed by atoms with Gasteiger partial charge in [-0.1, -0.05) is 24.3 Å². The van der Waals surface area contributed by atoms with Crippen molar-refractivity contribution in [3.8, 4) is 0 Å². The third-order valence-electron chi connectivity index (χ3n) is 5.62. The fourth-order valence-corrected chi connectivity index (χ4v) is 4.02. The van der Waals surface area contributed by atoms with Crippen molar-refractivity contribution >= 4 is 23.7 Å². The first-order valence-corrected chi connectivity index (χ1v) is 11.0. The average molecular weight is 450 g/mol. The molecular weight excluding hydrogens is 420 g/mol. The van der Waals surface area contributed by atoms with Gasteiger partial charge in [-0.3, -0.25) is 14.4 Å². The van der Waals surface area contributed by atoms with E-state index >= 15 is 0 Å². The van der Waals surface area contributed by atoms with E-state index in [1.54, 1.807) is 0 Å². The topological polar surface area (TPSA) is 114 Å². The summed E-state index contributed by atoms with van der Waals surface area (Å²) in [5.74, 6) is -2.64. The zero-order valence-corrected chi connectivity index (χ0v) is 18.2. The van der Waals surface area contributed by atoms with Gasteiger partial charge in [0.05, 0.1) is 12.5 Å². The number of esters is 3. The number of methoxy groups -OCH3 is 1. The van der Waals surface area contributed by atoms with Crippen LogP contribution in [0.15, 0.2) is 24.3 Å². The Kier molecular flexibility index (Phi) is 8.99. The monoisotopic (exact) mass is 450 g/mol. The van der Waals surface area contributed by atoms with Crippen molar-refractivity contribution in [1.29, 1.82) is 0 Å². The molecule has 5 atom stereocenters. The lowest BCUT2D eigenvalue weighted by Gasteiger charge is -2.44. The lowest BCUT2D eigenvalue weighted by Crippen LogP contribution is -2.60. The lowest BCUT2D eigenvalue weighted by atomic mass is 9.85. The van der Waals surface area contributed by atoms with Crippen molar-refractivity contribution in [2.45, 2.75) is 76.0 Å². The van der Waals surface area contributed by atoms with E-state index in [-0.39, 0.29) is 31.7 Å². The van der Waals surface area contributed by atoms with Gasteiger partial charge < -0.3 is 23.7 Å². The normalized spacial score (nSPS) is 33.1. The van der Waals surface area contributed by atoms with Crippen LogP contribution < -0.4 is 0 Å². The summed E-state index contributed by atoms with van der Waals surface area (Å²) in [6.07, 6.45) is 5.13. The second-order valence-corrected chi connectivity index (χ2v) is 7.99. The molecule has 0 aromatic carbocycles. The molecule has 0 bridgehead atoms. The first kappa shape index (κ1) is 24.1. The maximum absolute atomic E-state index is 12.8. The Labute approximate surface area is 187 Å². The summed E-state index contributed by atoms with van der Waals surface area (Å²) in [4.78, 5) is 50.5. The summed E-state index contributed by atoms with van der Waals surface area (Å²) in [5, 5.41) is 0. The minimum atomic E-state index is -1.34. The summed E-state index contributed by atoms with van der Waals surface area (Å²) in [6.45, 7) is 0.131. The Morgan fingerprint density at radius 2 is 1.41 bits per heavy atom. The molecule has 9 heteroatoms. The highest BCUT2D eigenvalue weighted by Crippen LogP contribution is 2.35. The van der Waals surface area contributed by atoms with Crippen LogP contribution >= 0.6 is 0 Å². The Hall–Kier alpha value is -2.52. The van der Waals surface area contributed by atoms with Gasteiger partial charge in [0.15, 0.2) is 18.5 Å². The number of ether oxygens (including phenoxy) is 5. The molecule has 3 aliphatic heterocycles. The molecule has 0 radical (unpaired) electrons. The molecule has 9 nitrogen and oxygen atoms in total. The number of Topliss-reactive ketones (excluding diaryl/α,β-unsaturated/α-hetero) is 1. The molecule has 0 spiro atoms. The molecule has 1 saturated heterocycles. The molecule has 32 heavy (non-hydrogen) atoms. The van der Waals surface area contributed by atoms with Crippen LogP contribution in [0.3, 0.4) is 0 Å². The quantitative estimate of drug-likeness (QED) is 0.337. The van der Waals surface area contributed by atoms with E-state index in [2.05, 4.69) is 0 Å². The van der Waals surface area contributed by atoms with Crippen LogP contribution in [0.4, 0.5) is 0 Å². The van der Waals surface area contributed by atoms with E-state index in [9.17, 15) is 19.2 Å². The first-order chi connectivity index (χ1) is 15.5. The van der Waals surface area contributed by atoms with E-state index < -0.39 is 48.4 Å². The Morgan fingerprint density at radius 1 is 0.812 bits per heavy atom. The molecule has 0 aromatic rings. The van der Waals surface area contributed by atoms with Crippen LogP contribution in [0, 0.1) is 5.92 Å². The summed E-state index contributed by atoms with van der Waals surface area (Å²) in [5.41, 5.74) is 0. The largest absolute Gasteiger partial charge is 0.463 e. The van der Waals surface area contributed by atoms with Crippen LogP contribution in [-0.2, 0) is 42.9 Å². The fourth-order valence-electron chi connectivity index (χ4n) is 4.02. The Bertz CT molecular complexity index is 757. The molecule has 3 rings (SSSR count). The number of hydrogen-bond donors (Lipinski definition) is 0. The minimum Gasteiger partial charge on any atom is -0.463 e. The molecule has 3 aliphatic rings. The Morgan fingerprint density at radius 3 is 2.06 bits per heavy atom. The number of rotatable bonds is 1.